The highest BCUT2D eigenvalue weighted by Crippen LogP contribution is 2.34. The Bertz CT molecular complexity index is 567. The highest BCUT2D eigenvalue weighted by atomic mass is 79.9. The van der Waals surface area contributed by atoms with Crippen LogP contribution in [0.3, 0.4) is 0 Å². The molecular formula is C10H9BrN4S2. The zero-order valence-electron chi connectivity index (χ0n) is 8.90. The number of nitrogens with zero attached hydrogens (tertiary/aromatic N) is 2. The van der Waals surface area contributed by atoms with Crippen LogP contribution in [-0.4, -0.2) is 15.2 Å². The van der Waals surface area contributed by atoms with Crippen LogP contribution in [0.4, 0.5) is 0 Å². The van der Waals surface area contributed by atoms with Gasteiger partial charge in [-0.05, 0) is 46.5 Å². The maximum Gasteiger partial charge on any atom is 0.174 e. The maximum atomic E-state index is 7.36. The topological polar surface area (TPSA) is 75.7 Å². The van der Waals surface area contributed by atoms with Crippen molar-refractivity contribution in [2.45, 2.75) is 16.2 Å². The first-order valence-electron chi connectivity index (χ1n) is 4.68. The molecule has 0 radical (unpaired) electrons. The minimum absolute atomic E-state index is 0.0639. The lowest BCUT2D eigenvalue weighted by Crippen LogP contribution is -2.10. The van der Waals surface area contributed by atoms with Crippen LogP contribution in [0.1, 0.15) is 11.4 Å². The quantitative estimate of drug-likeness (QED) is 0.670. The fourth-order valence-electron chi connectivity index (χ4n) is 1.16. The van der Waals surface area contributed by atoms with E-state index in [1.807, 2.05) is 25.1 Å². The van der Waals surface area contributed by atoms with E-state index in [1.54, 1.807) is 11.8 Å². The van der Waals surface area contributed by atoms with Gasteiger partial charge in [-0.1, -0.05) is 17.8 Å². The first kappa shape index (κ1) is 12.5. The molecule has 0 amide bonds. The molecule has 0 spiro atoms. The monoisotopic (exact) mass is 328 g/mol. The van der Waals surface area contributed by atoms with Crippen molar-refractivity contribution in [2.75, 3.05) is 0 Å². The van der Waals surface area contributed by atoms with Crippen molar-refractivity contribution in [3.63, 3.8) is 0 Å². The zero-order valence-corrected chi connectivity index (χ0v) is 12.1. The van der Waals surface area contributed by atoms with E-state index in [1.165, 1.54) is 11.5 Å². The molecule has 0 atom stereocenters. The van der Waals surface area contributed by atoms with Gasteiger partial charge in [-0.15, -0.1) is 0 Å². The number of hydrogen-bond donors (Lipinski definition) is 2. The Balaban J connectivity index is 2.25. The van der Waals surface area contributed by atoms with Crippen molar-refractivity contribution >= 4 is 45.1 Å². The lowest BCUT2D eigenvalue weighted by molar-refractivity contribution is 1.10. The number of aryl methyl sites for hydroxylation is 1. The van der Waals surface area contributed by atoms with Gasteiger partial charge in [0.1, 0.15) is 11.7 Å². The van der Waals surface area contributed by atoms with Gasteiger partial charge in [0.05, 0.1) is 0 Å². The Morgan fingerprint density at radius 2 is 2.29 bits per heavy atom. The molecule has 0 bridgehead atoms. The number of benzene rings is 1. The molecule has 0 fully saturated rings. The van der Waals surface area contributed by atoms with Crippen molar-refractivity contribution < 1.29 is 0 Å². The number of rotatable bonds is 3. The van der Waals surface area contributed by atoms with Gasteiger partial charge in [-0.2, -0.15) is 4.37 Å². The number of hydrogen-bond acceptors (Lipinski definition) is 5. The van der Waals surface area contributed by atoms with Crippen LogP contribution < -0.4 is 5.73 Å². The fourth-order valence-corrected chi connectivity index (χ4v) is 3.40. The summed E-state index contributed by atoms with van der Waals surface area (Å²) >= 11 is 6.38. The van der Waals surface area contributed by atoms with Gasteiger partial charge in [0.25, 0.3) is 0 Å². The smallest absolute Gasteiger partial charge is 0.174 e. The molecule has 3 N–H and O–H groups in total. The number of amidine groups is 1. The van der Waals surface area contributed by atoms with E-state index in [4.69, 9.17) is 11.1 Å². The standard InChI is InChI=1S/C10H9BrN4S2/c1-5-14-10(17-15-5)16-8-3-2-6(9(12)13)4-7(8)11/h2-4H,1H3,(H3,12,13). The molecule has 1 aromatic carbocycles. The van der Waals surface area contributed by atoms with E-state index in [9.17, 15) is 0 Å². The third kappa shape index (κ3) is 3.05. The summed E-state index contributed by atoms with van der Waals surface area (Å²) in [6, 6.07) is 5.57. The number of halogens is 1. The molecule has 0 saturated carbocycles. The van der Waals surface area contributed by atoms with Crippen LogP contribution in [-0.2, 0) is 0 Å². The van der Waals surface area contributed by atoms with Crippen LogP contribution in [0.15, 0.2) is 31.9 Å². The predicted molar refractivity (Wildman–Crippen MR) is 73.9 cm³/mol. The van der Waals surface area contributed by atoms with Crippen molar-refractivity contribution in [2.24, 2.45) is 5.73 Å². The molecule has 0 aliphatic rings. The number of nitrogens with two attached hydrogens (primary N) is 1. The molecule has 1 aromatic heterocycles. The lowest BCUT2D eigenvalue weighted by Gasteiger charge is -2.04. The van der Waals surface area contributed by atoms with E-state index in [2.05, 4.69) is 25.3 Å². The molecule has 4 nitrogen and oxygen atoms in total. The number of nitrogens with one attached hydrogen (secondary N) is 1. The SMILES string of the molecule is Cc1nsc(Sc2ccc(C(=N)N)cc2Br)n1. The minimum Gasteiger partial charge on any atom is -0.384 e. The molecule has 2 aromatic rings. The van der Waals surface area contributed by atoms with Crippen molar-refractivity contribution in [3.8, 4) is 0 Å². The van der Waals surface area contributed by atoms with Gasteiger partial charge in [0.2, 0.25) is 0 Å². The summed E-state index contributed by atoms with van der Waals surface area (Å²) in [5.41, 5.74) is 6.13. The summed E-state index contributed by atoms with van der Waals surface area (Å²) in [7, 11) is 0. The Kier molecular flexibility index (Phi) is 3.80. The molecule has 7 heteroatoms. The summed E-state index contributed by atoms with van der Waals surface area (Å²) in [6.07, 6.45) is 0. The van der Waals surface area contributed by atoms with E-state index in [0.717, 1.165) is 19.5 Å². The normalized spacial score (nSPS) is 10.5. The lowest BCUT2D eigenvalue weighted by atomic mass is 10.2. The van der Waals surface area contributed by atoms with Gasteiger partial charge in [-0.25, -0.2) is 4.98 Å². The summed E-state index contributed by atoms with van der Waals surface area (Å²) in [4.78, 5) is 5.32. The van der Waals surface area contributed by atoms with Gasteiger partial charge >= 0.3 is 0 Å². The van der Waals surface area contributed by atoms with Gasteiger partial charge in [0, 0.05) is 14.9 Å². The second kappa shape index (κ2) is 5.16. The average molecular weight is 329 g/mol. The average Bonchev–Trinajstić information content (AvgIpc) is 2.67. The molecule has 0 aliphatic carbocycles. The largest absolute Gasteiger partial charge is 0.384 e. The highest BCUT2D eigenvalue weighted by molar-refractivity contribution is 9.10. The highest BCUT2D eigenvalue weighted by Gasteiger charge is 2.08. The Morgan fingerprint density at radius 1 is 1.53 bits per heavy atom. The minimum atomic E-state index is 0.0639. The zero-order chi connectivity index (χ0) is 12.4. The second-order valence-electron chi connectivity index (χ2n) is 3.27. The first-order chi connectivity index (χ1) is 8.06. The summed E-state index contributed by atoms with van der Waals surface area (Å²) < 4.78 is 5.94. The molecule has 88 valence electrons. The third-order valence-corrected chi connectivity index (χ3v) is 4.79. The Labute approximate surface area is 115 Å². The third-order valence-electron chi connectivity index (χ3n) is 1.95. The number of aromatic nitrogens is 2. The molecule has 0 aliphatic heterocycles. The van der Waals surface area contributed by atoms with E-state index >= 15 is 0 Å². The predicted octanol–water partition coefficient (Wildman–Crippen LogP) is 3.04. The van der Waals surface area contributed by atoms with Crippen LogP contribution in [0.2, 0.25) is 0 Å². The van der Waals surface area contributed by atoms with Crippen molar-refractivity contribution in [1.29, 1.82) is 5.41 Å². The summed E-state index contributed by atoms with van der Waals surface area (Å²) in [5.74, 6) is 0.850. The van der Waals surface area contributed by atoms with E-state index < -0.39 is 0 Å². The molecule has 17 heavy (non-hydrogen) atoms. The molecule has 0 saturated heterocycles. The van der Waals surface area contributed by atoms with Crippen LogP contribution in [0.25, 0.3) is 0 Å². The van der Waals surface area contributed by atoms with Gasteiger partial charge < -0.3 is 5.73 Å². The second-order valence-corrected chi connectivity index (χ2v) is 6.16. The van der Waals surface area contributed by atoms with E-state index in [-0.39, 0.29) is 5.84 Å². The molecule has 1 heterocycles. The summed E-state index contributed by atoms with van der Waals surface area (Å²) in [6.45, 7) is 1.87. The molecule has 0 unspecified atom stereocenters. The Hall–Kier alpha value is -0.920. The van der Waals surface area contributed by atoms with Gasteiger partial charge in [-0.3, -0.25) is 5.41 Å². The first-order valence-corrected chi connectivity index (χ1v) is 7.06. The van der Waals surface area contributed by atoms with Crippen LogP contribution in [0, 0.1) is 12.3 Å². The van der Waals surface area contributed by atoms with Crippen LogP contribution in [0.5, 0.6) is 0 Å². The Morgan fingerprint density at radius 3 is 2.82 bits per heavy atom. The van der Waals surface area contributed by atoms with Gasteiger partial charge in [0.15, 0.2) is 4.34 Å². The maximum absolute atomic E-state index is 7.36. The number of nitrogen functional groups attached to an aromatic ring is 1. The molecule has 2 rings (SSSR count). The fraction of sp³-hybridized carbons (Fsp3) is 0.100. The van der Waals surface area contributed by atoms with Crippen LogP contribution >= 0.6 is 39.2 Å². The van der Waals surface area contributed by atoms with Crippen molar-refractivity contribution in [1.82, 2.24) is 9.36 Å². The van der Waals surface area contributed by atoms with Crippen molar-refractivity contribution in [3.05, 3.63) is 34.1 Å². The summed E-state index contributed by atoms with van der Waals surface area (Å²) in [5, 5.41) is 7.36. The van der Waals surface area contributed by atoms with E-state index in [0.29, 0.717) is 5.56 Å². The molecular weight excluding hydrogens is 320 g/mol.